The largest absolute Gasteiger partial charge is 0.450 e. The van der Waals surface area contributed by atoms with Crippen LogP contribution >= 0.6 is 0 Å². The SMILES string of the molecule is CCOC(=O)NC(=Nc1ccc(S(=O)c2ccccc2)cc1NC=O)NC(=O)OCC. The monoisotopic (exact) mass is 446 g/mol. The zero-order chi connectivity index (χ0) is 22.6. The highest BCUT2D eigenvalue weighted by molar-refractivity contribution is 7.85. The van der Waals surface area contributed by atoms with Crippen molar-refractivity contribution in [1.82, 2.24) is 10.6 Å². The highest BCUT2D eigenvalue weighted by Crippen LogP contribution is 2.29. The van der Waals surface area contributed by atoms with Gasteiger partial charge in [0.1, 0.15) is 0 Å². The lowest BCUT2D eigenvalue weighted by Crippen LogP contribution is -2.44. The molecule has 0 aromatic heterocycles. The van der Waals surface area contributed by atoms with E-state index in [1.807, 2.05) is 6.07 Å². The third-order valence-electron chi connectivity index (χ3n) is 3.58. The van der Waals surface area contributed by atoms with Gasteiger partial charge >= 0.3 is 12.2 Å². The number of ether oxygens (including phenoxy) is 2. The Balaban J connectivity index is 2.40. The Bertz CT molecular complexity index is 959. The van der Waals surface area contributed by atoms with Crippen LogP contribution in [0.1, 0.15) is 13.8 Å². The number of carbonyl (C=O) groups is 3. The molecule has 0 heterocycles. The molecule has 0 saturated heterocycles. The summed E-state index contributed by atoms with van der Waals surface area (Å²) in [5.74, 6) is -0.275. The smallest absolute Gasteiger partial charge is 0.413 e. The van der Waals surface area contributed by atoms with E-state index in [9.17, 15) is 18.6 Å². The van der Waals surface area contributed by atoms with Crippen LogP contribution in [0.2, 0.25) is 0 Å². The number of alkyl carbamates (subject to hydrolysis) is 2. The van der Waals surface area contributed by atoms with Gasteiger partial charge in [-0.2, -0.15) is 0 Å². The molecule has 0 aliphatic heterocycles. The fourth-order valence-corrected chi connectivity index (χ4v) is 3.42. The zero-order valence-electron chi connectivity index (χ0n) is 16.9. The van der Waals surface area contributed by atoms with Gasteiger partial charge in [-0.05, 0) is 44.2 Å². The number of rotatable bonds is 7. The normalized spacial score (nSPS) is 10.9. The molecule has 3 amide bonds. The summed E-state index contributed by atoms with van der Waals surface area (Å²) < 4.78 is 22.4. The van der Waals surface area contributed by atoms with Crippen molar-refractivity contribution in [3.63, 3.8) is 0 Å². The lowest BCUT2D eigenvalue weighted by Gasteiger charge is -2.12. The van der Waals surface area contributed by atoms with Gasteiger partial charge in [0, 0.05) is 9.79 Å². The van der Waals surface area contributed by atoms with E-state index >= 15 is 0 Å². The number of hydrogen-bond donors (Lipinski definition) is 3. The summed E-state index contributed by atoms with van der Waals surface area (Å²) in [6, 6.07) is 13.3. The van der Waals surface area contributed by atoms with Gasteiger partial charge in [0.2, 0.25) is 12.4 Å². The first kappa shape index (κ1) is 23.5. The van der Waals surface area contributed by atoms with Gasteiger partial charge in [-0.25, -0.2) is 18.8 Å². The molecule has 0 radical (unpaired) electrons. The van der Waals surface area contributed by atoms with E-state index in [-0.39, 0.29) is 30.5 Å². The van der Waals surface area contributed by atoms with Crippen LogP contribution in [0.15, 0.2) is 63.3 Å². The lowest BCUT2D eigenvalue weighted by molar-refractivity contribution is -0.105. The van der Waals surface area contributed by atoms with Gasteiger partial charge in [-0.3, -0.25) is 15.4 Å². The number of aliphatic imine (C=N–C) groups is 1. The average molecular weight is 446 g/mol. The number of nitrogens with one attached hydrogen (secondary N) is 3. The number of anilines is 1. The molecule has 31 heavy (non-hydrogen) atoms. The fraction of sp³-hybridized carbons (Fsp3) is 0.200. The van der Waals surface area contributed by atoms with Crippen LogP contribution < -0.4 is 16.0 Å². The minimum Gasteiger partial charge on any atom is -0.450 e. The van der Waals surface area contributed by atoms with Crippen molar-refractivity contribution in [1.29, 1.82) is 0 Å². The van der Waals surface area contributed by atoms with Crippen molar-refractivity contribution < 1.29 is 28.1 Å². The molecule has 0 saturated carbocycles. The number of guanidine groups is 1. The molecule has 0 bridgehead atoms. The molecule has 0 spiro atoms. The van der Waals surface area contributed by atoms with Crippen LogP contribution in [-0.2, 0) is 25.1 Å². The lowest BCUT2D eigenvalue weighted by atomic mass is 10.2. The highest BCUT2D eigenvalue weighted by Gasteiger charge is 2.14. The molecule has 2 rings (SSSR count). The Morgan fingerprint density at radius 3 is 2.13 bits per heavy atom. The highest BCUT2D eigenvalue weighted by atomic mass is 32.2. The van der Waals surface area contributed by atoms with E-state index < -0.39 is 23.0 Å². The molecule has 1 atom stereocenters. The minimum absolute atomic E-state index is 0.108. The molecule has 164 valence electrons. The zero-order valence-corrected chi connectivity index (χ0v) is 17.7. The van der Waals surface area contributed by atoms with Crippen LogP contribution in [-0.4, -0.2) is 42.0 Å². The maximum atomic E-state index is 12.8. The van der Waals surface area contributed by atoms with Gasteiger partial charge in [-0.15, -0.1) is 0 Å². The molecular weight excluding hydrogens is 424 g/mol. The van der Waals surface area contributed by atoms with Crippen LogP contribution in [0.5, 0.6) is 0 Å². The number of carbonyl (C=O) groups excluding carboxylic acids is 3. The number of nitrogens with zero attached hydrogens (tertiary/aromatic N) is 1. The Morgan fingerprint density at radius 2 is 1.58 bits per heavy atom. The van der Waals surface area contributed by atoms with E-state index in [4.69, 9.17) is 9.47 Å². The van der Waals surface area contributed by atoms with Gasteiger partial charge in [0.15, 0.2) is 0 Å². The second-order valence-corrected chi connectivity index (χ2v) is 7.15. The summed E-state index contributed by atoms with van der Waals surface area (Å²) in [6.07, 6.45) is -1.25. The second kappa shape index (κ2) is 12.1. The van der Waals surface area contributed by atoms with Crippen molar-refractivity contribution >= 4 is 46.7 Å². The summed E-state index contributed by atoms with van der Waals surface area (Å²) in [4.78, 5) is 39.8. The number of amides is 3. The van der Waals surface area contributed by atoms with E-state index in [2.05, 4.69) is 20.9 Å². The molecule has 11 heteroatoms. The molecule has 1 unspecified atom stereocenters. The fourth-order valence-electron chi connectivity index (χ4n) is 2.32. The maximum Gasteiger partial charge on any atom is 0.413 e. The van der Waals surface area contributed by atoms with Gasteiger partial charge in [-0.1, -0.05) is 18.2 Å². The third-order valence-corrected chi connectivity index (χ3v) is 4.96. The first-order valence-corrected chi connectivity index (χ1v) is 10.4. The van der Waals surface area contributed by atoms with Crippen LogP contribution in [0.3, 0.4) is 0 Å². The quantitative estimate of drug-likeness (QED) is 0.340. The molecule has 0 aliphatic rings. The van der Waals surface area contributed by atoms with E-state index in [0.717, 1.165) is 0 Å². The van der Waals surface area contributed by atoms with Crippen LogP contribution in [0.4, 0.5) is 21.0 Å². The Labute approximate surface area is 181 Å². The predicted molar refractivity (Wildman–Crippen MR) is 115 cm³/mol. The Hall–Kier alpha value is -3.73. The maximum absolute atomic E-state index is 12.8. The molecule has 2 aromatic rings. The Kier molecular flexibility index (Phi) is 9.17. The van der Waals surface area contributed by atoms with Crippen molar-refractivity contribution in [3.05, 3.63) is 48.5 Å². The van der Waals surface area contributed by atoms with Crippen molar-refractivity contribution in [2.45, 2.75) is 23.6 Å². The summed E-state index contributed by atoms with van der Waals surface area (Å²) in [5, 5.41) is 7.05. The van der Waals surface area contributed by atoms with Crippen LogP contribution in [0.25, 0.3) is 0 Å². The van der Waals surface area contributed by atoms with Gasteiger partial charge in [0.25, 0.3) is 0 Å². The second-order valence-electron chi connectivity index (χ2n) is 5.67. The van der Waals surface area contributed by atoms with Crippen molar-refractivity contribution in [2.24, 2.45) is 4.99 Å². The summed E-state index contributed by atoms with van der Waals surface area (Å²) in [7, 11) is -1.49. The molecule has 0 fully saturated rings. The van der Waals surface area contributed by atoms with Gasteiger partial charge in [0.05, 0.1) is 35.4 Å². The molecule has 0 aliphatic carbocycles. The minimum atomic E-state index is -1.49. The standard InChI is InChI=1S/C20H22N4O6S/c1-3-29-19(26)23-18(24-20(27)30-4-2)22-16-11-10-15(12-17(16)21-13-25)31(28)14-8-6-5-7-9-14/h5-13H,3-4H2,1-2H3,(H,21,25)(H2,22,23,24,26,27). The summed E-state index contributed by atoms with van der Waals surface area (Å²) in [6.45, 7) is 3.45. The van der Waals surface area contributed by atoms with E-state index in [0.29, 0.717) is 16.2 Å². The van der Waals surface area contributed by atoms with Crippen molar-refractivity contribution in [2.75, 3.05) is 18.5 Å². The molecule has 2 aromatic carbocycles. The number of benzene rings is 2. The van der Waals surface area contributed by atoms with E-state index in [1.54, 1.807) is 44.2 Å². The molecule has 3 N–H and O–H groups in total. The first-order chi connectivity index (χ1) is 15.0. The summed E-state index contributed by atoms with van der Waals surface area (Å²) in [5.41, 5.74) is 0.398. The Morgan fingerprint density at radius 1 is 0.968 bits per heavy atom. The number of hydrogen-bond acceptors (Lipinski definition) is 7. The topological polar surface area (TPSA) is 135 Å². The molecule has 10 nitrogen and oxygen atoms in total. The van der Waals surface area contributed by atoms with Crippen LogP contribution in [0, 0.1) is 0 Å². The average Bonchev–Trinajstić information content (AvgIpc) is 2.75. The van der Waals surface area contributed by atoms with Gasteiger partial charge < -0.3 is 14.8 Å². The predicted octanol–water partition coefficient (Wildman–Crippen LogP) is 2.90. The summed E-state index contributed by atoms with van der Waals surface area (Å²) >= 11 is 0. The van der Waals surface area contributed by atoms with Crippen molar-refractivity contribution in [3.8, 4) is 0 Å². The first-order valence-electron chi connectivity index (χ1n) is 9.25. The molecular formula is C20H22N4O6S. The van der Waals surface area contributed by atoms with E-state index in [1.165, 1.54) is 12.1 Å². The third kappa shape index (κ3) is 7.23.